The smallest absolute Gasteiger partial charge is 0.416 e. The minimum absolute atomic E-state index is 0.208. The van der Waals surface area contributed by atoms with Gasteiger partial charge in [0.25, 0.3) is 0 Å². The SMILES string of the molecule is Cc1c(Cl)ncnc1Oc1ccc(C(F)(F)F)cc1. The number of nitrogens with zero attached hydrogens (tertiary/aromatic N) is 2. The molecule has 1 aromatic heterocycles. The van der Waals surface area contributed by atoms with E-state index in [1.54, 1.807) is 6.92 Å². The van der Waals surface area contributed by atoms with Gasteiger partial charge < -0.3 is 4.74 Å². The highest BCUT2D eigenvalue weighted by Crippen LogP contribution is 2.32. The van der Waals surface area contributed by atoms with Gasteiger partial charge >= 0.3 is 6.18 Å². The average molecular weight is 289 g/mol. The van der Waals surface area contributed by atoms with E-state index in [9.17, 15) is 13.2 Å². The van der Waals surface area contributed by atoms with Crippen LogP contribution in [0.15, 0.2) is 30.6 Å². The standard InChI is InChI=1S/C12H8ClF3N2O/c1-7-10(13)17-6-18-11(7)19-9-4-2-8(3-5-9)12(14,15)16/h2-6H,1H3. The zero-order valence-electron chi connectivity index (χ0n) is 9.70. The highest BCUT2D eigenvalue weighted by Gasteiger charge is 2.30. The van der Waals surface area contributed by atoms with Gasteiger partial charge in [0.05, 0.1) is 5.56 Å². The summed E-state index contributed by atoms with van der Waals surface area (Å²) in [6.07, 6.45) is -3.15. The van der Waals surface area contributed by atoms with E-state index < -0.39 is 11.7 Å². The van der Waals surface area contributed by atoms with Crippen LogP contribution in [0.4, 0.5) is 13.2 Å². The molecule has 0 saturated carbocycles. The molecule has 100 valence electrons. The molecule has 19 heavy (non-hydrogen) atoms. The van der Waals surface area contributed by atoms with Gasteiger partial charge in [0.1, 0.15) is 17.2 Å². The summed E-state index contributed by atoms with van der Waals surface area (Å²) in [5.74, 6) is 0.450. The second-order valence-corrected chi connectivity index (χ2v) is 4.08. The van der Waals surface area contributed by atoms with Crippen LogP contribution in [-0.4, -0.2) is 9.97 Å². The second kappa shape index (κ2) is 5.05. The molecule has 7 heteroatoms. The number of rotatable bonds is 2. The Balaban J connectivity index is 2.23. The summed E-state index contributed by atoms with van der Waals surface area (Å²) in [6.45, 7) is 1.65. The van der Waals surface area contributed by atoms with Gasteiger partial charge in [-0.15, -0.1) is 0 Å². The number of hydrogen-bond donors (Lipinski definition) is 0. The molecule has 0 radical (unpaired) electrons. The molecule has 3 nitrogen and oxygen atoms in total. The van der Waals surface area contributed by atoms with E-state index in [1.807, 2.05) is 0 Å². The van der Waals surface area contributed by atoms with Gasteiger partial charge in [-0.2, -0.15) is 13.2 Å². The van der Waals surface area contributed by atoms with Crippen molar-refractivity contribution in [2.24, 2.45) is 0 Å². The summed E-state index contributed by atoms with van der Waals surface area (Å²) in [5.41, 5.74) is -0.221. The second-order valence-electron chi connectivity index (χ2n) is 3.72. The summed E-state index contributed by atoms with van der Waals surface area (Å²) in [6, 6.07) is 4.32. The molecule has 2 rings (SSSR count). The molecule has 1 aromatic carbocycles. The quantitative estimate of drug-likeness (QED) is 0.775. The molecule has 0 aliphatic rings. The van der Waals surface area contributed by atoms with Crippen molar-refractivity contribution in [2.75, 3.05) is 0 Å². The van der Waals surface area contributed by atoms with Gasteiger partial charge in [-0.05, 0) is 31.2 Å². The number of ether oxygens (including phenoxy) is 1. The fraction of sp³-hybridized carbons (Fsp3) is 0.167. The van der Waals surface area contributed by atoms with Crippen LogP contribution in [-0.2, 0) is 6.18 Å². The van der Waals surface area contributed by atoms with Gasteiger partial charge in [-0.1, -0.05) is 11.6 Å². The van der Waals surface area contributed by atoms with Gasteiger partial charge in [0, 0.05) is 5.56 Å². The van der Waals surface area contributed by atoms with Crippen LogP contribution in [0, 0.1) is 6.92 Å². The van der Waals surface area contributed by atoms with Crippen LogP contribution < -0.4 is 4.74 Å². The lowest BCUT2D eigenvalue weighted by atomic mass is 10.2. The van der Waals surface area contributed by atoms with E-state index in [0.29, 0.717) is 5.56 Å². The summed E-state index contributed by atoms with van der Waals surface area (Å²) in [7, 11) is 0. The van der Waals surface area contributed by atoms with Crippen LogP contribution in [0.2, 0.25) is 5.15 Å². The van der Waals surface area contributed by atoms with Crippen molar-refractivity contribution in [3.8, 4) is 11.6 Å². The van der Waals surface area contributed by atoms with E-state index in [-0.39, 0.29) is 16.8 Å². The third kappa shape index (κ3) is 3.14. The van der Waals surface area contributed by atoms with Crippen molar-refractivity contribution in [1.82, 2.24) is 9.97 Å². The van der Waals surface area contributed by atoms with Crippen molar-refractivity contribution in [2.45, 2.75) is 13.1 Å². The topological polar surface area (TPSA) is 35.0 Å². The van der Waals surface area contributed by atoms with Crippen molar-refractivity contribution < 1.29 is 17.9 Å². The number of hydrogen-bond acceptors (Lipinski definition) is 3. The highest BCUT2D eigenvalue weighted by molar-refractivity contribution is 6.30. The van der Waals surface area contributed by atoms with Gasteiger partial charge in [-0.3, -0.25) is 0 Å². The lowest BCUT2D eigenvalue weighted by Crippen LogP contribution is -2.04. The Bertz CT molecular complexity index is 585. The number of benzene rings is 1. The maximum atomic E-state index is 12.4. The predicted molar refractivity (Wildman–Crippen MR) is 63.3 cm³/mol. The number of aromatic nitrogens is 2. The van der Waals surface area contributed by atoms with Gasteiger partial charge in [0.2, 0.25) is 5.88 Å². The minimum Gasteiger partial charge on any atom is -0.439 e. The van der Waals surface area contributed by atoms with Gasteiger partial charge in [0.15, 0.2) is 0 Å². The summed E-state index contributed by atoms with van der Waals surface area (Å²) >= 11 is 5.79. The molecule has 1 heterocycles. The Labute approximate surface area is 112 Å². The Morgan fingerprint density at radius 2 is 1.74 bits per heavy atom. The third-order valence-electron chi connectivity index (χ3n) is 2.37. The molecule has 0 unspecified atom stereocenters. The third-order valence-corrected chi connectivity index (χ3v) is 2.75. The first-order valence-electron chi connectivity index (χ1n) is 5.20. The Morgan fingerprint density at radius 1 is 1.11 bits per heavy atom. The molecule has 0 N–H and O–H groups in total. The van der Waals surface area contributed by atoms with Crippen molar-refractivity contribution in [3.63, 3.8) is 0 Å². The molecule has 0 fully saturated rings. The largest absolute Gasteiger partial charge is 0.439 e. The molecule has 0 atom stereocenters. The van der Waals surface area contributed by atoms with Crippen LogP contribution in [0.1, 0.15) is 11.1 Å². The fourth-order valence-electron chi connectivity index (χ4n) is 1.34. The highest BCUT2D eigenvalue weighted by atomic mass is 35.5. The average Bonchev–Trinajstić information content (AvgIpc) is 2.35. The number of alkyl halides is 3. The Hall–Kier alpha value is -1.82. The van der Waals surface area contributed by atoms with Crippen LogP contribution in [0.5, 0.6) is 11.6 Å². The first-order valence-corrected chi connectivity index (χ1v) is 5.58. The molecule has 0 amide bonds. The zero-order valence-corrected chi connectivity index (χ0v) is 10.5. The maximum absolute atomic E-state index is 12.4. The molecule has 2 aromatic rings. The molecule has 0 aliphatic heterocycles. The maximum Gasteiger partial charge on any atom is 0.416 e. The molecular weight excluding hydrogens is 281 g/mol. The van der Waals surface area contributed by atoms with Gasteiger partial charge in [-0.25, -0.2) is 9.97 Å². The molecule has 0 saturated heterocycles. The van der Waals surface area contributed by atoms with Crippen LogP contribution >= 0.6 is 11.6 Å². The van der Waals surface area contributed by atoms with E-state index >= 15 is 0 Å². The lowest BCUT2D eigenvalue weighted by Gasteiger charge is -2.09. The zero-order chi connectivity index (χ0) is 14.0. The molecule has 0 spiro atoms. The van der Waals surface area contributed by atoms with Crippen molar-refractivity contribution in [1.29, 1.82) is 0 Å². The first kappa shape index (κ1) is 13.6. The minimum atomic E-state index is -4.37. The van der Waals surface area contributed by atoms with E-state index in [1.165, 1.54) is 18.5 Å². The van der Waals surface area contributed by atoms with Crippen LogP contribution in [0.3, 0.4) is 0 Å². The van der Waals surface area contributed by atoms with Crippen LogP contribution in [0.25, 0.3) is 0 Å². The lowest BCUT2D eigenvalue weighted by molar-refractivity contribution is -0.137. The van der Waals surface area contributed by atoms with Crippen molar-refractivity contribution in [3.05, 3.63) is 46.9 Å². The number of halogens is 4. The Kier molecular flexibility index (Phi) is 3.61. The summed E-state index contributed by atoms with van der Waals surface area (Å²) in [5, 5.41) is 0.233. The fourth-order valence-corrected chi connectivity index (χ4v) is 1.46. The normalized spacial score (nSPS) is 11.4. The van der Waals surface area contributed by atoms with Crippen molar-refractivity contribution >= 4 is 11.6 Å². The molecule has 0 bridgehead atoms. The van der Waals surface area contributed by atoms with E-state index in [0.717, 1.165) is 12.1 Å². The van der Waals surface area contributed by atoms with E-state index in [2.05, 4.69) is 9.97 Å². The first-order chi connectivity index (χ1) is 8.88. The summed E-state index contributed by atoms with van der Waals surface area (Å²) in [4.78, 5) is 7.62. The molecule has 0 aliphatic carbocycles. The Morgan fingerprint density at radius 3 is 2.32 bits per heavy atom. The monoisotopic (exact) mass is 288 g/mol. The molecular formula is C12H8ClF3N2O. The predicted octanol–water partition coefficient (Wildman–Crippen LogP) is 4.25. The summed E-state index contributed by atoms with van der Waals surface area (Å²) < 4.78 is 42.5. The van der Waals surface area contributed by atoms with E-state index in [4.69, 9.17) is 16.3 Å².